The Labute approximate surface area is 175 Å². The molecule has 2 aromatic heterocycles. The van der Waals surface area contributed by atoms with Gasteiger partial charge in [-0.2, -0.15) is 0 Å². The van der Waals surface area contributed by atoms with Crippen LogP contribution in [0, 0.1) is 5.92 Å². The van der Waals surface area contributed by atoms with E-state index in [-0.39, 0.29) is 12.3 Å². The van der Waals surface area contributed by atoms with E-state index < -0.39 is 0 Å². The van der Waals surface area contributed by atoms with Crippen molar-refractivity contribution in [2.24, 2.45) is 5.92 Å². The van der Waals surface area contributed by atoms with E-state index in [9.17, 15) is 4.79 Å². The fraction of sp³-hybridized carbons (Fsp3) is 0.391. The molecular formula is C23H27N3O2S. The summed E-state index contributed by atoms with van der Waals surface area (Å²) in [7, 11) is 0. The highest BCUT2D eigenvalue weighted by Gasteiger charge is 2.17. The number of hydrogen-bond acceptors (Lipinski definition) is 5. The summed E-state index contributed by atoms with van der Waals surface area (Å²) in [5, 5.41) is 5.79. The molecule has 1 atom stereocenters. The van der Waals surface area contributed by atoms with Gasteiger partial charge in [-0.15, -0.1) is 11.3 Å². The molecular weight excluding hydrogens is 382 g/mol. The van der Waals surface area contributed by atoms with E-state index in [1.807, 2.05) is 23.6 Å². The number of rotatable bonds is 7. The van der Waals surface area contributed by atoms with Gasteiger partial charge in [-0.1, -0.05) is 31.2 Å². The zero-order chi connectivity index (χ0) is 20.1. The Morgan fingerprint density at radius 1 is 1.28 bits per heavy atom. The van der Waals surface area contributed by atoms with Gasteiger partial charge in [0.25, 0.3) is 0 Å². The molecule has 0 radical (unpaired) electrons. The maximum absolute atomic E-state index is 12.4. The fourth-order valence-electron chi connectivity index (χ4n) is 3.88. The standard InChI is InChI=1S/C23H27N3O2S/c1-17-6-4-10-26(14-17)15-19-8-3-2-7-18(19)13-24-22(27)12-20-16-29-23(25-20)21-9-5-11-28-21/h2-3,5,7-9,11,16-17H,4,6,10,12-15H2,1H3,(H,24,27)/t17-/m1/s1. The number of benzene rings is 1. The number of carbonyl (C=O) groups is 1. The first kappa shape index (κ1) is 19.9. The molecule has 152 valence electrons. The summed E-state index contributed by atoms with van der Waals surface area (Å²) in [5.41, 5.74) is 3.26. The monoisotopic (exact) mass is 409 g/mol. The maximum atomic E-state index is 12.4. The molecule has 1 aliphatic rings. The minimum atomic E-state index is -0.0114. The van der Waals surface area contributed by atoms with Crippen molar-refractivity contribution in [2.75, 3.05) is 13.1 Å². The van der Waals surface area contributed by atoms with Gasteiger partial charge in [-0.3, -0.25) is 9.69 Å². The molecule has 1 fully saturated rings. The van der Waals surface area contributed by atoms with Gasteiger partial charge in [-0.05, 0) is 48.6 Å². The highest BCUT2D eigenvalue weighted by atomic mass is 32.1. The molecule has 3 aromatic rings. The molecule has 0 saturated carbocycles. The summed E-state index contributed by atoms with van der Waals surface area (Å²) < 4.78 is 5.37. The molecule has 1 N–H and O–H groups in total. The van der Waals surface area contributed by atoms with E-state index in [1.165, 1.54) is 35.3 Å². The minimum absolute atomic E-state index is 0.0114. The van der Waals surface area contributed by atoms with Crippen molar-refractivity contribution in [1.29, 1.82) is 0 Å². The average molecular weight is 410 g/mol. The summed E-state index contributed by atoms with van der Waals surface area (Å²) in [6, 6.07) is 12.1. The lowest BCUT2D eigenvalue weighted by molar-refractivity contribution is -0.120. The third-order valence-corrected chi connectivity index (χ3v) is 6.26. The lowest BCUT2D eigenvalue weighted by Gasteiger charge is -2.31. The van der Waals surface area contributed by atoms with Crippen molar-refractivity contribution < 1.29 is 9.21 Å². The van der Waals surface area contributed by atoms with Crippen molar-refractivity contribution >= 4 is 17.2 Å². The quantitative estimate of drug-likeness (QED) is 0.624. The molecule has 3 heterocycles. The Kier molecular flexibility index (Phi) is 6.42. The number of nitrogens with zero attached hydrogens (tertiary/aromatic N) is 2. The zero-order valence-electron chi connectivity index (χ0n) is 16.8. The van der Waals surface area contributed by atoms with Crippen molar-refractivity contribution in [3.63, 3.8) is 0 Å². The fourth-order valence-corrected chi connectivity index (χ4v) is 4.66. The van der Waals surface area contributed by atoms with Crippen molar-refractivity contribution in [3.8, 4) is 10.8 Å². The number of thiazole rings is 1. The van der Waals surface area contributed by atoms with E-state index in [2.05, 4.69) is 40.3 Å². The summed E-state index contributed by atoms with van der Waals surface area (Å²) in [5.74, 6) is 1.49. The lowest BCUT2D eigenvalue weighted by Crippen LogP contribution is -2.34. The Balaban J connectivity index is 1.32. The molecule has 1 saturated heterocycles. The average Bonchev–Trinajstić information content (AvgIpc) is 3.39. The van der Waals surface area contributed by atoms with Gasteiger partial charge in [0, 0.05) is 25.0 Å². The van der Waals surface area contributed by atoms with E-state index in [0.717, 1.165) is 42.0 Å². The first-order valence-electron chi connectivity index (χ1n) is 10.2. The van der Waals surface area contributed by atoms with Gasteiger partial charge in [0.1, 0.15) is 0 Å². The Bertz CT molecular complexity index is 935. The maximum Gasteiger partial charge on any atom is 0.226 e. The van der Waals surface area contributed by atoms with Gasteiger partial charge < -0.3 is 9.73 Å². The van der Waals surface area contributed by atoms with Crippen LogP contribution in [0.4, 0.5) is 0 Å². The van der Waals surface area contributed by atoms with Crippen LogP contribution in [-0.4, -0.2) is 28.9 Å². The van der Waals surface area contributed by atoms with Gasteiger partial charge in [-0.25, -0.2) is 4.98 Å². The topological polar surface area (TPSA) is 58.4 Å². The molecule has 0 aliphatic carbocycles. The number of furan rings is 1. The van der Waals surface area contributed by atoms with E-state index in [1.54, 1.807) is 6.26 Å². The highest BCUT2D eigenvalue weighted by molar-refractivity contribution is 7.13. The normalized spacial score (nSPS) is 17.3. The largest absolute Gasteiger partial charge is 0.462 e. The molecule has 0 bridgehead atoms. The number of aromatic nitrogens is 1. The molecule has 1 amide bonds. The van der Waals surface area contributed by atoms with Crippen LogP contribution in [0.5, 0.6) is 0 Å². The predicted octanol–water partition coefficient (Wildman–Crippen LogP) is 4.49. The Morgan fingerprint density at radius 3 is 2.93 bits per heavy atom. The van der Waals surface area contributed by atoms with Crippen LogP contribution in [0.25, 0.3) is 10.8 Å². The summed E-state index contributed by atoms with van der Waals surface area (Å²) >= 11 is 1.50. The highest BCUT2D eigenvalue weighted by Crippen LogP contribution is 2.24. The first-order chi connectivity index (χ1) is 14.2. The minimum Gasteiger partial charge on any atom is -0.462 e. The molecule has 1 aromatic carbocycles. The third-order valence-electron chi connectivity index (χ3n) is 5.35. The number of nitrogens with one attached hydrogen (secondary N) is 1. The molecule has 4 rings (SSSR count). The Hall–Kier alpha value is -2.44. The second-order valence-corrected chi connectivity index (χ2v) is 8.68. The smallest absolute Gasteiger partial charge is 0.226 e. The third kappa shape index (κ3) is 5.34. The van der Waals surface area contributed by atoms with Crippen LogP contribution in [0.15, 0.2) is 52.5 Å². The van der Waals surface area contributed by atoms with Crippen LogP contribution in [0.2, 0.25) is 0 Å². The van der Waals surface area contributed by atoms with Crippen LogP contribution in [0.3, 0.4) is 0 Å². The van der Waals surface area contributed by atoms with Gasteiger partial charge >= 0.3 is 0 Å². The number of likely N-dealkylation sites (tertiary alicyclic amines) is 1. The van der Waals surface area contributed by atoms with Crippen LogP contribution < -0.4 is 5.32 Å². The SMILES string of the molecule is C[C@@H]1CCCN(Cc2ccccc2CNC(=O)Cc2csc(-c3ccco3)n2)C1. The second-order valence-electron chi connectivity index (χ2n) is 7.83. The number of amides is 1. The molecule has 0 unspecified atom stereocenters. The van der Waals surface area contributed by atoms with Crippen LogP contribution in [0.1, 0.15) is 36.6 Å². The number of piperidine rings is 1. The van der Waals surface area contributed by atoms with Crippen molar-refractivity contribution in [2.45, 2.75) is 39.3 Å². The molecule has 29 heavy (non-hydrogen) atoms. The zero-order valence-corrected chi connectivity index (χ0v) is 17.6. The molecule has 5 nitrogen and oxygen atoms in total. The summed E-state index contributed by atoms with van der Waals surface area (Å²) in [6.45, 7) is 6.14. The van der Waals surface area contributed by atoms with Gasteiger partial charge in [0.05, 0.1) is 18.4 Å². The van der Waals surface area contributed by atoms with Crippen molar-refractivity contribution in [3.05, 3.63) is 64.9 Å². The van der Waals surface area contributed by atoms with E-state index >= 15 is 0 Å². The Morgan fingerprint density at radius 2 is 2.14 bits per heavy atom. The number of carbonyl (C=O) groups excluding carboxylic acids is 1. The van der Waals surface area contributed by atoms with Gasteiger partial charge in [0.2, 0.25) is 5.91 Å². The summed E-state index contributed by atoms with van der Waals surface area (Å²) in [4.78, 5) is 19.5. The predicted molar refractivity (Wildman–Crippen MR) is 115 cm³/mol. The molecule has 0 spiro atoms. The van der Waals surface area contributed by atoms with Crippen LogP contribution in [-0.2, 0) is 24.3 Å². The van der Waals surface area contributed by atoms with Gasteiger partial charge in [0.15, 0.2) is 10.8 Å². The summed E-state index contributed by atoms with van der Waals surface area (Å²) in [6.07, 6.45) is 4.51. The molecule has 6 heteroatoms. The van der Waals surface area contributed by atoms with Crippen LogP contribution >= 0.6 is 11.3 Å². The second kappa shape index (κ2) is 9.37. The van der Waals surface area contributed by atoms with Crippen molar-refractivity contribution in [1.82, 2.24) is 15.2 Å². The first-order valence-corrected chi connectivity index (χ1v) is 11.1. The van der Waals surface area contributed by atoms with E-state index in [4.69, 9.17) is 4.42 Å². The lowest BCUT2D eigenvalue weighted by atomic mass is 9.99. The van der Waals surface area contributed by atoms with E-state index in [0.29, 0.717) is 6.54 Å². The molecule has 1 aliphatic heterocycles. The number of hydrogen-bond donors (Lipinski definition) is 1.